The number of amides is 5. The van der Waals surface area contributed by atoms with Crippen molar-refractivity contribution in [1.82, 2.24) is 90.9 Å². The Morgan fingerprint density at radius 2 is 0.816 bits per heavy atom. The van der Waals surface area contributed by atoms with E-state index in [1.807, 2.05) is 105 Å². The molecule has 12 aromatic rings. The van der Waals surface area contributed by atoms with Gasteiger partial charge in [0.25, 0.3) is 29.5 Å². The molecule has 0 saturated carbocycles. The van der Waals surface area contributed by atoms with Gasteiger partial charge < -0.3 is 85.7 Å². The highest BCUT2D eigenvalue weighted by Crippen LogP contribution is 2.36. The molecule has 6 fully saturated rings. The summed E-state index contributed by atoms with van der Waals surface area (Å²) in [7, 11) is 10.6. The number of hydrogen-bond donors (Lipinski definition) is 11. The number of nitrogens with one attached hydrogen (secondary N) is 11. The number of carbonyl (C=O) groups is 5. The molecule has 0 aliphatic carbocycles. The van der Waals surface area contributed by atoms with Crippen LogP contribution in [0.5, 0.6) is 0 Å². The van der Waals surface area contributed by atoms with E-state index in [2.05, 4.69) is 144 Å². The number of nitrogens with zero attached hydrogens (tertiary/aromatic N) is 7. The normalized spacial score (nSPS) is 19.3. The van der Waals surface area contributed by atoms with E-state index in [1.54, 1.807) is 62.2 Å². The van der Waals surface area contributed by atoms with Gasteiger partial charge in [0, 0.05) is 168 Å². The summed E-state index contributed by atoms with van der Waals surface area (Å²) < 4.78 is 5.47. The lowest BCUT2D eigenvalue weighted by molar-refractivity contribution is -0.129. The van der Waals surface area contributed by atoms with Crippen molar-refractivity contribution in [1.29, 1.82) is 0 Å². The van der Waals surface area contributed by atoms with Gasteiger partial charge in [-0.05, 0) is 102 Å². The number of ether oxygens (including phenoxy) is 1. The Balaban J connectivity index is 0.000000119. The maximum Gasteiger partial charge on any atom is 0.270 e. The number of para-hydroxylation sites is 4. The van der Waals surface area contributed by atoms with Gasteiger partial charge in [-0.15, -0.1) is 0 Å². The zero-order valence-electron chi connectivity index (χ0n) is 64.3. The second-order valence-corrected chi connectivity index (χ2v) is 30.9. The smallest absolute Gasteiger partial charge is 0.270 e. The fourth-order valence-electron chi connectivity index (χ4n) is 14.9. The summed E-state index contributed by atoms with van der Waals surface area (Å²) in [6, 6.07) is 30.7. The molecule has 6 atom stereocenters. The van der Waals surface area contributed by atoms with Gasteiger partial charge in [0.05, 0.1) is 53.0 Å². The Bertz CT molecular complexity index is 5730. The number of rotatable bonds is 12. The van der Waals surface area contributed by atoms with E-state index in [1.165, 1.54) is 31.7 Å². The van der Waals surface area contributed by atoms with Gasteiger partial charge in [0.15, 0.2) is 12.0 Å². The van der Waals surface area contributed by atoms with Crippen LogP contribution in [0.25, 0.3) is 65.5 Å². The molecule has 18 rings (SSSR count). The first kappa shape index (κ1) is 80.4. The molecule has 0 bridgehead atoms. The topological polar surface area (TPSA) is 282 Å². The molecule has 5 aromatic carbocycles. The van der Waals surface area contributed by atoms with Crippen molar-refractivity contribution in [2.24, 2.45) is 0 Å². The average molecular weight is 1640 g/mol. The molecule has 13 heterocycles. The third-order valence-corrected chi connectivity index (χ3v) is 23.4. The molecule has 6 unspecified atom stereocenters. The highest BCUT2D eigenvalue weighted by Gasteiger charge is 2.38. The predicted octanol–water partition coefficient (Wildman–Crippen LogP) is 13.9. The van der Waals surface area contributed by atoms with Gasteiger partial charge >= 0.3 is 0 Å². The summed E-state index contributed by atoms with van der Waals surface area (Å²) in [6.45, 7) is 28.0. The Kier molecular flexibility index (Phi) is 23.7. The van der Waals surface area contributed by atoms with Crippen LogP contribution in [0.2, 0.25) is 25.1 Å². The first-order valence-corrected chi connectivity index (χ1v) is 38.7. The summed E-state index contributed by atoms with van der Waals surface area (Å²) in [5.74, 6) is 4.12. The van der Waals surface area contributed by atoms with Crippen molar-refractivity contribution in [2.75, 3.05) is 48.8 Å². The first-order chi connectivity index (χ1) is 54.4. The summed E-state index contributed by atoms with van der Waals surface area (Å²) in [4.78, 5) is 93.4. The van der Waals surface area contributed by atoms with Crippen molar-refractivity contribution in [3.8, 4) is 0 Å². The third kappa shape index (κ3) is 16.4. The monoisotopic (exact) mass is 1630 g/mol. The molecular weight excluding hydrogens is 1550 g/mol. The fraction of sp³-hybridized carbons (Fsp3) is 0.247. The number of pyridine rings is 1. The lowest BCUT2D eigenvalue weighted by Crippen LogP contribution is -2.31. The van der Waals surface area contributed by atoms with Gasteiger partial charge in [-0.25, -0.2) is 4.98 Å². The van der Waals surface area contributed by atoms with Crippen LogP contribution in [0.4, 0.5) is 0 Å². The number of aromatic nitrogens is 7. The zero-order valence-corrected chi connectivity index (χ0v) is 68.1. The van der Waals surface area contributed by atoms with E-state index < -0.39 is 6.10 Å². The molecule has 5 amide bonds. The van der Waals surface area contributed by atoms with Crippen molar-refractivity contribution in [3.63, 3.8) is 0 Å². The van der Waals surface area contributed by atoms with Crippen molar-refractivity contribution < 1.29 is 28.7 Å². The maximum atomic E-state index is 12.1. The summed E-state index contributed by atoms with van der Waals surface area (Å²) in [6.07, 6.45) is 14.9. The number of fused-ring (bicyclic) bond motifs is 6. The minimum Gasteiger partial charge on any atom is -0.466 e. The van der Waals surface area contributed by atoms with E-state index in [0.717, 1.165) is 112 Å². The molecule has 7 aromatic heterocycles. The van der Waals surface area contributed by atoms with Crippen LogP contribution in [0.3, 0.4) is 0 Å². The largest absolute Gasteiger partial charge is 0.466 e. The number of aryl methyl sites for hydroxylation is 2. The summed E-state index contributed by atoms with van der Waals surface area (Å²) in [5.41, 5.74) is 14.6. The van der Waals surface area contributed by atoms with Gasteiger partial charge in [0.2, 0.25) is 0 Å². The minimum absolute atomic E-state index is 0.0180. The number of likely N-dealkylation sites (N-methyl/N-ethyl adjacent to an activating group) is 6. The Labute approximate surface area is 684 Å². The molecule has 11 N–H and O–H groups in total. The van der Waals surface area contributed by atoms with Gasteiger partial charge in [-0.2, -0.15) is 0 Å². The number of aromatic amines is 6. The van der Waals surface area contributed by atoms with Crippen LogP contribution in [-0.2, 0) is 67.2 Å². The van der Waals surface area contributed by atoms with Crippen LogP contribution < -0.4 is 26.6 Å². The lowest BCUT2D eigenvalue weighted by atomic mass is 10.0. The SMILES string of the molecule is C=C1NC(Cc2c(C)[nH]c3c(Cl)cccc23)C(=O)N1C.C=C1NC(Cc2c[nH]c3c(C)cccc23)C(=O)N1C.C=C1NC(Cc2c[nH]c3c(Cl)c(Cl)ccc23)C(=O)N1C.C=C1NC(Cc2c[nH]c3c(Cl)cccc23)CN1C.C=C1NC(Cc2c[nH]c3ncccc23)C(=O)N1C.C=C1OC(Cc2c[nH]c3c(Cl)cccc23)C(=O)N1C. The summed E-state index contributed by atoms with van der Waals surface area (Å²) >= 11 is 30.6. The van der Waals surface area contributed by atoms with E-state index in [9.17, 15) is 24.0 Å². The van der Waals surface area contributed by atoms with E-state index in [-0.39, 0.29) is 53.7 Å². The van der Waals surface area contributed by atoms with Gasteiger partial charge in [0.1, 0.15) is 53.1 Å². The third-order valence-electron chi connectivity index (χ3n) is 21.6. The Morgan fingerprint density at radius 1 is 0.404 bits per heavy atom. The maximum absolute atomic E-state index is 12.1. The first-order valence-electron chi connectivity index (χ1n) is 36.8. The number of H-pyrrole nitrogens is 6. The number of hydrogen-bond acceptors (Lipinski definition) is 13. The van der Waals surface area contributed by atoms with Crippen molar-refractivity contribution in [2.45, 2.75) is 88.7 Å². The number of carbonyl (C=O) groups excluding carboxylic acids is 5. The molecule has 0 radical (unpaired) electrons. The predicted molar refractivity (Wildman–Crippen MR) is 455 cm³/mol. The second kappa shape index (κ2) is 33.6. The zero-order chi connectivity index (χ0) is 81.4. The van der Waals surface area contributed by atoms with E-state index in [4.69, 9.17) is 62.7 Å². The molecule has 6 aliphatic rings. The van der Waals surface area contributed by atoms with Crippen molar-refractivity contribution in [3.05, 3.63) is 278 Å². The minimum atomic E-state index is -0.504. The Morgan fingerprint density at radius 3 is 1.29 bits per heavy atom. The average Bonchev–Trinajstić information content (AvgIpc) is 1.64. The number of halogens is 5. The molecule has 29 heteroatoms. The molecule has 0 spiro atoms. The van der Waals surface area contributed by atoms with Gasteiger partial charge in [-0.1, -0.05) is 152 Å². The fourth-order valence-corrected chi connectivity index (χ4v) is 16.0. The lowest BCUT2D eigenvalue weighted by Gasteiger charge is -2.09. The second-order valence-electron chi connectivity index (χ2n) is 28.9. The van der Waals surface area contributed by atoms with Gasteiger partial charge in [-0.3, -0.25) is 28.9 Å². The standard InChI is InChI=1S/C15H16ClN3O.C15H17N3O.C14H13Cl2N3O.C14H16ClN3.C14H13ClN2O2.C13H14N4O/c1-8-11(7-13-15(20)19(3)9(2)18-13)10-5-4-6-12(16)14(10)17-8;1-9-5-4-6-12-11(8-16-14(9)12)7-13-15(19)18(3)10(2)17-13;1-7-18-11(14(20)19(7)2)5-8-6-17-13-9(8)3-4-10(15)12(13)16;1-9-17-11(8-18(9)2)6-10-7-16-14-12(10)4-3-5-13(14)15;1-8-17(2)14(18)12(19-8)6-9-7-16-13-10(9)4-3-5-11(13)15;1-8-16-11(13(18)17(8)2)6-9-7-15-12-10(9)4-3-5-14-12/h4-6,13,17-18H,2,7H2,1,3H3;4-6,8,13,16-17H,2,7H2,1,3H3;3-4,6,11,17-18H,1,5H2,2H3;3-5,7,11,16-17H,1,6,8H2,2H3;3-5,7,12,16H,1,6H2,2H3;3-5,7,11,16H,1,6H2,2H3,(H,14,15). The van der Waals surface area contributed by atoms with Crippen LogP contribution in [-0.4, -0.2) is 179 Å². The van der Waals surface area contributed by atoms with Crippen LogP contribution >= 0.6 is 58.0 Å². The Hall–Kier alpha value is -11.7. The van der Waals surface area contributed by atoms with E-state index >= 15 is 0 Å². The van der Waals surface area contributed by atoms with Crippen LogP contribution in [0.1, 0.15) is 44.6 Å². The molecule has 6 saturated heterocycles. The van der Waals surface area contributed by atoms with E-state index in [0.29, 0.717) is 87.4 Å². The van der Waals surface area contributed by atoms with Crippen molar-refractivity contribution >= 4 is 153 Å². The summed E-state index contributed by atoms with van der Waals surface area (Å²) in [5, 5.41) is 25.6. The molecule has 6 aliphatic heterocycles. The number of benzene rings is 5. The quantitative estimate of drug-likeness (QED) is 0.0543. The molecule has 114 heavy (non-hydrogen) atoms. The highest BCUT2D eigenvalue weighted by molar-refractivity contribution is 6.45. The molecular formula is C85H89Cl5N18O6. The van der Waals surface area contributed by atoms with Crippen LogP contribution in [0, 0.1) is 13.8 Å². The van der Waals surface area contributed by atoms with Crippen LogP contribution in [0.15, 0.2) is 209 Å². The molecule has 24 nitrogen and oxygen atoms in total. The molecule has 590 valence electrons. The highest BCUT2D eigenvalue weighted by atomic mass is 35.5.